The van der Waals surface area contributed by atoms with E-state index < -0.39 is 12.6 Å². The maximum Gasteiger partial charge on any atom is 0.393 e. The van der Waals surface area contributed by atoms with E-state index in [9.17, 15) is 18.3 Å². The Kier molecular flexibility index (Phi) is 4.62. The predicted octanol–water partition coefficient (Wildman–Crippen LogP) is 3.44. The zero-order chi connectivity index (χ0) is 19.9. The van der Waals surface area contributed by atoms with Crippen LogP contribution in [0.25, 0.3) is 16.8 Å². The van der Waals surface area contributed by atoms with E-state index >= 15 is 0 Å². The maximum atomic E-state index is 13.1. The number of aliphatic hydroxyl groups excluding tert-OH is 1. The van der Waals surface area contributed by atoms with Gasteiger partial charge in [0.15, 0.2) is 0 Å². The molecule has 28 heavy (non-hydrogen) atoms. The first-order valence-corrected chi connectivity index (χ1v) is 8.86. The Morgan fingerprint density at radius 3 is 2.71 bits per heavy atom. The van der Waals surface area contributed by atoms with Crippen LogP contribution in [0.2, 0.25) is 0 Å². The minimum absolute atomic E-state index is 0.0760. The molecule has 2 heterocycles. The lowest BCUT2D eigenvalue weighted by molar-refractivity contribution is -0.127. The van der Waals surface area contributed by atoms with Gasteiger partial charge in [0.2, 0.25) is 5.95 Å². The Morgan fingerprint density at radius 2 is 2.04 bits per heavy atom. The second-order valence-electron chi connectivity index (χ2n) is 6.92. The Morgan fingerprint density at radius 1 is 1.25 bits per heavy atom. The van der Waals surface area contributed by atoms with Crippen molar-refractivity contribution in [3.05, 3.63) is 42.1 Å². The summed E-state index contributed by atoms with van der Waals surface area (Å²) in [4.78, 5) is 0. The van der Waals surface area contributed by atoms with Gasteiger partial charge in [0.25, 0.3) is 0 Å². The number of alkyl halides is 3. The number of nitrogens with one attached hydrogen (secondary N) is 1. The highest BCUT2D eigenvalue weighted by atomic mass is 19.4. The van der Waals surface area contributed by atoms with Crippen LogP contribution in [-0.2, 0) is 6.42 Å². The monoisotopic (exact) mass is 392 g/mol. The molecule has 1 aliphatic carbocycles. The summed E-state index contributed by atoms with van der Waals surface area (Å²) in [5.41, 5.74) is 1.45. The number of hydrogen-bond acceptors (Lipinski definition) is 5. The summed E-state index contributed by atoms with van der Waals surface area (Å²) in [5.74, 6) is 0.843. The Bertz CT molecular complexity index is 996. The molecular weight excluding hydrogens is 373 g/mol. The number of aliphatic hydroxyl groups is 1. The maximum absolute atomic E-state index is 13.1. The summed E-state index contributed by atoms with van der Waals surface area (Å²) in [6, 6.07) is 8.24. The van der Waals surface area contributed by atoms with Gasteiger partial charge in [0.05, 0.1) is 25.2 Å². The molecule has 6 nitrogen and oxygen atoms in total. The smallest absolute Gasteiger partial charge is 0.393 e. The van der Waals surface area contributed by atoms with Crippen molar-refractivity contribution in [1.29, 1.82) is 0 Å². The van der Waals surface area contributed by atoms with E-state index in [0.29, 0.717) is 41.3 Å². The molecule has 0 unspecified atom stereocenters. The van der Waals surface area contributed by atoms with Gasteiger partial charge in [-0.2, -0.15) is 13.2 Å². The molecule has 1 saturated carbocycles. The van der Waals surface area contributed by atoms with Crippen LogP contribution in [0, 0.1) is 0 Å². The normalized spacial score (nSPS) is 19.5. The zero-order valence-corrected chi connectivity index (χ0v) is 15.1. The molecule has 0 saturated heterocycles. The fourth-order valence-corrected chi connectivity index (χ4v) is 3.42. The summed E-state index contributed by atoms with van der Waals surface area (Å²) in [6.07, 6.45) is -2.74. The summed E-state index contributed by atoms with van der Waals surface area (Å²) < 4.78 is 46.1. The van der Waals surface area contributed by atoms with Crippen molar-refractivity contribution in [2.75, 3.05) is 12.4 Å². The van der Waals surface area contributed by atoms with E-state index in [-0.39, 0.29) is 17.7 Å². The highest BCUT2D eigenvalue weighted by Gasteiger charge is 2.31. The fourth-order valence-electron chi connectivity index (χ4n) is 3.42. The van der Waals surface area contributed by atoms with Gasteiger partial charge in [0, 0.05) is 17.8 Å². The van der Waals surface area contributed by atoms with Crippen molar-refractivity contribution in [3.8, 4) is 17.0 Å². The van der Waals surface area contributed by atoms with Crippen LogP contribution in [0.1, 0.15) is 18.4 Å². The second kappa shape index (κ2) is 6.97. The van der Waals surface area contributed by atoms with Crippen LogP contribution in [0.15, 0.2) is 36.5 Å². The first-order chi connectivity index (χ1) is 13.3. The van der Waals surface area contributed by atoms with Crippen LogP contribution < -0.4 is 10.1 Å². The molecular formula is C19H19F3N4O2. The van der Waals surface area contributed by atoms with Crippen molar-refractivity contribution in [3.63, 3.8) is 0 Å². The van der Waals surface area contributed by atoms with E-state index in [1.807, 2.05) is 0 Å². The topological polar surface area (TPSA) is 71.7 Å². The van der Waals surface area contributed by atoms with Crippen molar-refractivity contribution in [2.24, 2.45) is 0 Å². The van der Waals surface area contributed by atoms with Crippen LogP contribution in [0.4, 0.5) is 19.1 Å². The van der Waals surface area contributed by atoms with Gasteiger partial charge in [0.1, 0.15) is 11.4 Å². The largest absolute Gasteiger partial charge is 0.497 e. The number of halogens is 3. The van der Waals surface area contributed by atoms with Gasteiger partial charge in [-0.25, -0.2) is 0 Å². The number of methoxy groups -OCH3 is 1. The lowest BCUT2D eigenvalue weighted by atomic mass is 9.90. The molecule has 0 spiro atoms. The molecule has 0 bridgehead atoms. The molecule has 1 fully saturated rings. The number of benzene rings is 1. The van der Waals surface area contributed by atoms with Crippen LogP contribution >= 0.6 is 0 Å². The van der Waals surface area contributed by atoms with Crippen LogP contribution in [0.5, 0.6) is 5.75 Å². The van der Waals surface area contributed by atoms with E-state index in [1.54, 1.807) is 34.9 Å². The van der Waals surface area contributed by atoms with Crippen LogP contribution in [0.3, 0.4) is 0 Å². The minimum atomic E-state index is -4.36. The van der Waals surface area contributed by atoms with Gasteiger partial charge < -0.3 is 15.2 Å². The average Bonchev–Trinajstić information content (AvgIpc) is 3.09. The van der Waals surface area contributed by atoms with Crippen molar-refractivity contribution >= 4 is 11.5 Å². The molecule has 9 heteroatoms. The highest BCUT2D eigenvalue weighted by Crippen LogP contribution is 2.34. The molecule has 1 aromatic carbocycles. The molecule has 2 aromatic heterocycles. The van der Waals surface area contributed by atoms with Gasteiger partial charge in [-0.15, -0.1) is 10.2 Å². The van der Waals surface area contributed by atoms with Crippen molar-refractivity contribution < 1.29 is 23.0 Å². The average molecular weight is 392 g/mol. The van der Waals surface area contributed by atoms with Crippen LogP contribution in [-0.4, -0.2) is 45.1 Å². The molecule has 0 atom stereocenters. The van der Waals surface area contributed by atoms with E-state index in [1.165, 1.54) is 13.2 Å². The number of aromatic nitrogens is 3. The number of anilines is 1. The summed E-state index contributed by atoms with van der Waals surface area (Å²) in [6.45, 7) is 0. The zero-order valence-electron chi connectivity index (χ0n) is 15.1. The number of rotatable bonds is 5. The third kappa shape index (κ3) is 3.62. The fraction of sp³-hybridized carbons (Fsp3) is 0.368. The second-order valence-corrected chi connectivity index (χ2v) is 6.92. The molecule has 2 N–H and O–H groups in total. The number of ether oxygens (including phenoxy) is 1. The number of hydrogen-bond donors (Lipinski definition) is 2. The molecule has 1 aliphatic rings. The number of nitrogens with zero attached hydrogens (tertiary/aromatic N) is 3. The highest BCUT2D eigenvalue weighted by molar-refractivity contribution is 5.80. The minimum Gasteiger partial charge on any atom is -0.497 e. The predicted molar refractivity (Wildman–Crippen MR) is 97.4 cm³/mol. The van der Waals surface area contributed by atoms with E-state index in [4.69, 9.17) is 4.74 Å². The summed E-state index contributed by atoms with van der Waals surface area (Å²) in [7, 11) is 1.41. The third-order valence-corrected chi connectivity index (χ3v) is 4.87. The molecule has 3 aromatic rings. The third-order valence-electron chi connectivity index (χ3n) is 4.87. The molecule has 0 aliphatic heterocycles. The van der Waals surface area contributed by atoms with Gasteiger partial charge in [-0.1, -0.05) is 0 Å². The quantitative estimate of drug-likeness (QED) is 0.696. The van der Waals surface area contributed by atoms with Crippen molar-refractivity contribution in [2.45, 2.75) is 37.6 Å². The Labute approximate surface area is 159 Å². The lowest BCUT2D eigenvalue weighted by Gasteiger charge is -2.32. The first kappa shape index (κ1) is 18.5. The van der Waals surface area contributed by atoms with Crippen molar-refractivity contribution in [1.82, 2.24) is 14.6 Å². The number of fused-ring (bicyclic) bond motifs is 1. The Balaban J connectivity index is 1.76. The standard InChI is InChI=1S/C19H19F3N4O2/c1-28-14-4-5-15(11(7-14)10-19(20,21)22)17-16-3-2-6-26(16)18(25-24-17)23-12-8-13(27)9-12/h2-7,12-13,27H,8-10H2,1H3,(H,23,25). The van der Waals surface area contributed by atoms with Gasteiger partial charge >= 0.3 is 6.18 Å². The SMILES string of the molecule is COc1ccc(-c2nnc(NC3CC(O)C3)n3cccc23)c(CC(F)(F)F)c1. The molecule has 148 valence electrons. The molecule has 0 radical (unpaired) electrons. The lowest BCUT2D eigenvalue weighted by Crippen LogP contribution is -2.39. The van der Waals surface area contributed by atoms with Gasteiger partial charge in [-0.3, -0.25) is 4.40 Å². The summed E-state index contributed by atoms with van der Waals surface area (Å²) >= 11 is 0. The first-order valence-electron chi connectivity index (χ1n) is 8.86. The van der Waals surface area contributed by atoms with Gasteiger partial charge in [-0.05, 0) is 48.7 Å². The Hall–Kier alpha value is -2.81. The van der Waals surface area contributed by atoms with E-state index in [2.05, 4.69) is 15.5 Å². The molecule has 4 rings (SSSR count). The molecule has 0 amide bonds. The van der Waals surface area contributed by atoms with E-state index in [0.717, 1.165) is 0 Å². The summed E-state index contributed by atoms with van der Waals surface area (Å²) in [5, 5.41) is 21.1.